The lowest BCUT2D eigenvalue weighted by molar-refractivity contribution is 0.300. The van der Waals surface area contributed by atoms with Crippen LogP contribution in [0.15, 0.2) is 12.3 Å². The Labute approximate surface area is 115 Å². The first-order chi connectivity index (χ1) is 8.69. The van der Waals surface area contributed by atoms with Crippen molar-refractivity contribution in [3.63, 3.8) is 0 Å². The molecular weight excluding hydrogens is 246 g/mol. The molecule has 4 heteroatoms. The third kappa shape index (κ3) is 3.59. The van der Waals surface area contributed by atoms with Gasteiger partial charge >= 0.3 is 0 Å². The number of hydrogen-bond acceptors (Lipinski definition) is 3. The fraction of sp³-hybridized carbons (Fsp3) is 0.643. The van der Waals surface area contributed by atoms with Crippen LogP contribution in [0.3, 0.4) is 0 Å². The molecule has 1 aromatic rings. The van der Waals surface area contributed by atoms with Crippen molar-refractivity contribution in [2.45, 2.75) is 39.2 Å². The molecule has 0 aliphatic carbocycles. The lowest BCUT2D eigenvalue weighted by atomic mass is 10.1. The van der Waals surface area contributed by atoms with Crippen molar-refractivity contribution < 1.29 is 0 Å². The summed E-state index contributed by atoms with van der Waals surface area (Å²) in [5.41, 5.74) is 2.12. The summed E-state index contributed by atoms with van der Waals surface area (Å²) < 4.78 is 0. The van der Waals surface area contributed by atoms with E-state index in [-0.39, 0.29) is 0 Å². The Morgan fingerprint density at radius 3 is 3.06 bits per heavy atom. The number of nitrogens with one attached hydrogen (secondary N) is 1. The van der Waals surface area contributed by atoms with E-state index in [2.05, 4.69) is 28.2 Å². The monoisotopic (exact) mass is 267 g/mol. The van der Waals surface area contributed by atoms with Gasteiger partial charge in [0.05, 0.1) is 5.69 Å². The Kier molecular flexibility index (Phi) is 4.84. The maximum Gasteiger partial charge on any atom is 0.152 e. The normalized spacial score (nSPS) is 21.6. The highest BCUT2D eigenvalue weighted by molar-refractivity contribution is 6.31. The smallest absolute Gasteiger partial charge is 0.152 e. The first kappa shape index (κ1) is 13.6. The second kappa shape index (κ2) is 6.39. The quantitative estimate of drug-likeness (QED) is 0.852. The molecule has 0 bridgehead atoms. The van der Waals surface area contributed by atoms with E-state index >= 15 is 0 Å². The molecule has 0 amide bonds. The highest BCUT2D eigenvalue weighted by Crippen LogP contribution is 2.23. The van der Waals surface area contributed by atoms with Gasteiger partial charge in [-0.1, -0.05) is 18.5 Å². The first-order valence-corrected chi connectivity index (χ1v) is 7.18. The summed E-state index contributed by atoms with van der Waals surface area (Å²) in [6.07, 6.45) is 5.45. The van der Waals surface area contributed by atoms with Crippen LogP contribution in [0.5, 0.6) is 0 Å². The van der Waals surface area contributed by atoms with Gasteiger partial charge in [-0.05, 0) is 50.9 Å². The molecule has 0 aromatic carbocycles. The summed E-state index contributed by atoms with van der Waals surface area (Å²) in [5.74, 6) is 0. The maximum atomic E-state index is 6.13. The zero-order valence-electron chi connectivity index (χ0n) is 11.2. The number of hydrogen-bond donors (Lipinski definition) is 1. The third-order valence-corrected chi connectivity index (χ3v) is 3.90. The minimum atomic E-state index is 0.516. The van der Waals surface area contributed by atoms with Gasteiger partial charge in [-0.15, -0.1) is 0 Å². The number of aromatic nitrogens is 1. The van der Waals surface area contributed by atoms with Gasteiger partial charge in [-0.2, -0.15) is 0 Å². The first-order valence-electron chi connectivity index (χ1n) is 6.80. The molecule has 2 heterocycles. The number of anilines is 1. The molecular formula is C14H22ClN3. The van der Waals surface area contributed by atoms with Crippen LogP contribution in [0.2, 0.25) is 5.15 Å². The van der Waals surface area contributed by atoms with Crippen molar-refractivity contribution >= 4 is 17.3 Å². The van der Waals surface area contributed by atoms with Crippen LogP contribution >= 0.6 is 11.6 Å². The molecule has 1 fully saturated rings. The summed E-state index contributed by atoms with van der Waals surface area (Å²) in [4.78, 5) is 6.70. The molecule has 1 atom stereocenters. The topological polar surface area (TPSA) is 28.2 Å². The van der Waals surface area contributed by atoms with Crippen molar-refractivity contribution in [2.24, 2.45) is 0 Å². The zero-order valence-corrected chi connectivity index (χ0v) is 12.0. The number of pyridine rings is 1. The average Bonchev–Trinajstić information content (AvgIpc) is 2.59. The van der Waals surface area contributed by atoms with E-state index in [1.54, 1.807) is 6.20 Å². The standard InChI is InChI=1S/C14H22ClN3/c1-3-18-7-4-5-12(6-8-18)17-13-9-11(2)10-16-14(13)15/h9-10,12,17H,3-8H2,1-2H3. The molecule has 1 N–H and O–H groups in total. The fourth-order valence-electron chi connectivity index (χ4n) is 2.49. The second-order valence-electron chi connectivity index (χ2n) is 5.06. The minimum absolute atomic E-state index is 0.516. The van der Waals surface area contributed by atoms with E-state index in [4.69, 9.17) is 11.6 Å². The van der Waals surface area contributed by atoms with E-state index in [1.165, 1.54) is 32.4 Å². The van der Waals surface area contributed by atoms with Crippen molar-refractivity contribution in [1.29, 1.82) is 0 Å². The average molecular weight is 268 g/mol. The summed E-state index contributed by atoms with van der Waals surface area (Å²) in [6, 6.07) is 2.60. The van der Waals surface area contributed by atoms with Gasteiger partial charge in [-0.3, -0.25) is 0 Å². The molecule has 1 aliphatic heterocycles. The number of rotatable bonds is 3. The van der Waals surface area contributed by atoms with Crippen molar-refractivity contribution in [3.05, 3.63) is 23.0 Å². The van der Waals surface area contributed by atoms with E-state index in [0.717, 1.165) is 17.8 Å². The largest absolute Gasteiger partial charge is 0.380 e. The van der Waals surface area contributed by atoms with Gasteiger partial charge in [0.1, 0.15) is 0 Å². The predicted molar refractivity (Wildman–Crippen MR) is 77.4 cm³/mol. The van der Waals surface area contributed by atoms with Crippen LogP contribution < -0.4 is 5.32 Å². The fourth-order valence-corrected chi connectivity index (χ4v) is 2.65. The SMILES string of the molecule is CCN1CCCC(Nc2cc(C)cnc2Cl)CC1. The highest BCUT2D eigenvalue weighted by Gasteiger charge is 2.16. The molecule has 1 aliphatic rings. The molecule has 0 radical (unpaired) electrons. The van der Waals surface area contributed by atoms with Crippen LogP contribution in [0, 0.1) is 6.92 Å². The number of halogens is 1. The predicted octanol–water partition coefficient (Wildman–Crippen LogP) is 3.33. The Morgan fingerprint density at radius 2 is 2.28 bits per heavy atom. The number of likely N-dealkylation sites (tertiary alicyclic amines) is 1. The summed E-state index contributed by atoms with van der Waals surface area (Å²) in [5, 5.41) is 4.13. The van der Waals surface area contributed by atoms with E-state index < -0.39 is 0 Å². The number of nitrogens with zero attached hydrogens (tertiary/aromatic N) is 2. The highest BCUT2D eigenvalue weighted by atomic mass is 35.5. The van der Waals surface area contributed by atoms with E-state index in [1.807, 2.05) is 6.92 Å². The van der Waals surface area contributed by atoms with Gasteiger partial charge in [0.25, 0.3) is 0 Å². The van der Waals surface area contributed by atoms with Crippen LogP contribution in [-0.4, -0.2) is 35.6 Å². The second-order valence-corrected chi connectivity index (χ2v) is 5.42. The minimum Gasteiger partial charge on any atom is -0.380 e. The van der Waals surface area contributed by atoms with Crippen molar-refractivity contribution in [1.82, 2.24) is 9.88 Å². The summed E-state index contributed by atoms with van der Waals surface area (Å²) in [6.45, 7) is 7.81. The van der Waals surface area contributed by atoms with Crippen LogP contribution in [0.4, 0.5) is 5.69 Å². The summed E-state index contributed by atoms with van der Waals surface area (Å²) >= 11 is 6.13. The molecule has 0 spiro atoms. The molecule has 0 saturated carbocycles. The van der Waals surface area contributed by atoms with Gasteiger partial charge in [0, 0.05) is 18.8 Å². The molecule has 2 rings (SSSR count). The molecule has 18 heavy (non-hydrogen) atoms. The van der Waals surface area contributed by atoms with Crippen molar-refractivity contribution in [2.75, 3.05) is 25.0 Å². The third-order valence-electron chi connectivity index (χ3n) is 3.60. The van der Waals surface area contributed by atoms with Crippen molar-refractivity contribution in [3.8, 4) is 0 Å². The lowest BCUT2D eigenvalue weighted by Gasteiger charge is -2.19. The Morgan fingerprint density at radius 1 is 1.44 bits per heavy atom. The van der Waals surface area contributed by atoms with Gasteiger partial charge in [0.15, 0.2) is 5.15 Å². The Bertz CT molecular complexity index is 395. The van der Waals surface area contributed by atoms with Crippen LogP contribution in [-0.2, 0) is 0 Å². The van der Waals surface area contributed by atoms with E-state index in [0.29, 0.717) is 11.2 Å². The molecule has 100 valence electrons. The van der Waals surface area contributed by atoms with Gasteiger partial charge in [-0.25, -0.2) is 4.98 Å². The zero-order chi connectivity index (χ0) is 13.0. The molecule has 1 aromatic heterocycles. The van der Waals surface area contributed by atoms with Crippen LogP contribution in [0.25, 0.3) is 0 Å². The van der Waals surface area contributed by atoms with Gasteiger partial charge in [0.2, 0.25) is 0 Å². The Balaban J connectivity index is 1.98. The summed E-state index contributed by atoms with van der Waals surface area (Å²) in [7, 11) is 0. The van der Waals surface area contributed by atoms with Crippen LogP contribution in [0.1, 0.15) is 31.7 Å². The maximum absolute atomic E-state index is 6.13. The molecule has 1 saturated heterocycles. The molecule has 1 unspecified atom stereocenters. The molecule has 3 nitrogen and oxygen atoms in total. The lowest BCUT2D eigenvalue weighted by Crippen LogP contribution is -2.26. The van der Waals surface area contributed by atoms with Gasteiger partial charge < -0.3 is 10.2 Å². The van der Waals surface area contributed by atoms with E-state index in [9.17, 15) is 0 Å². The number of aryl methyl sites for hydroxylation is 1. The Hall–Kier alpha value is -0.800.